The van der Waals surface area contributed by atoms with Crippen molar-refractivity contribution in [2.45, 2.75) is 30.3 Å². The van der Waals surface area contributed by atoms with Gasteiger partial charge in [-0.2, -0.15) is 4.72 Å². The summed E-state index contributed by atoms with van der Waals surface area (Å²) >= 11 is 5.75. The van der Waals surface area contributed by atoms with Gasteiger partial charge < -0.3 is 0 Å². The monoisotopic (exact) mass is 288 g/mol. The number of likely N-dealkylation sites (tertiary alicyclic amines) is 1. The Hall–Kier alpha value is -0.620. The average molecular weight is 289 g/mol. The van der Waals surface area contributed by atoms with Crippen LogP contribution >= 0.6 is 11.6 Å². The van der Waals surface area contributed by atoms with E-state index in [2.05, 4.69) is 4.72 Å². The molecule has 0 aliphatic carbocycles. The van der Waals surface area contributed by atoms with Gasteiger partial charge in [0.15, 0.2) is 0 Å². The molecule has 1 aliphatic rings. The summed E-state index contributed by atoms with van der Waals surface area (Å²) in [5.74, 6) is 0. The van der Waals surface area contributed by atoms with E-state index >= 15 is 0 Å². The van der Waals surface area contributed by atoms with Gasteiger partial charge in [0.25, 0.3) is 0 Å². The Morgan fingerprint density at radius 1 is 1.28 bits per heavy atom. The molecule has 0 amide bonds. The summed E-state index contributed by atoms with van der Waals surface area (Å²) in [7, 11) is -1.52. The van der Waals surface area contributed by atoms with E-state index in [9.17, 15) is 8.42 Å². The van der Waals surface area contributed by atoms with E-state index in [1.807, 2.05) is 11.9 Å². The maximum atomic E-state index is 12.2. The molecule has 1 atom stereocenters. The molecule has 1 aromatic rings. The van der Waals surface area contributed by atoms with Crippen LogP contribution in [0.5, 0.6) is 0 Å². The van der Waals surface area contributed by atoms with E-state index in [-0.39, 0.29) is 11.1 Å². The predicted octanol–water partition coefficient (Wildman–Crippen LogP) is 2.06. The van der Waals surface area contributed by atoms with E-state index in [0.29, 0.717) is 5.02 Å². The normalized spacial score (nSPS) is 22.0. The summed E-state index contributed by atoms with van der Waals surface area (Å²) < 4.78 is 27.1. The van der Waals surface area contributed by atoms with Gasteiger partial charge >= 0.3 is 0 Å². The molecule has 6 heteroatoms. The lowest BCUT2D eigenvalue weighted by molar-refractivity contribution is 0.175. The van der Waals surface area contributed by atoms with Gasteiger partial charge in [-0.1, -0.05) is 11.6 Å². The second kappa shape index (κ2) is 5.57. The number of rotatable bonds is 3. The highest BCUT2D eigenvalue weighted by atomic mass is 35.5. The minimum absolute atomic E-state index is 0.112. The third-order valence-corrected chi connectivity index (χ3v) is 4.91. The molecular weight excluding hydrogens is 272 g/mol. The summed E-state index contributed by atoms with van der Waals surface area (Å²) in [6.45, 7) is 0.924. The maximum absolute atomic E-state index is 12.2. The lowest BCUT2D eigenvalue weighted by Crippen LogP contribution is -2.48. The Bertz CT molecular complexity index is 501. The van der Waals surface area contributed by atoms with Crippen LogP contribution in [0.15, 0.2) is 29.2 Å². The Balaban J connectivity index is 2.13. The third-order valence-electron chi connectivity index (χ3n) is 3.19. The fraction of sp³-hybridized carbons (Fsp3) is 0.500. The summed E-state index contributed by atoms with van der Waals surface area (Å²) in [6.07, 6.45) is 2.91. The number of nitrogens with zero attached hydrogens (tertiary/aromatic N) is 1. The van der Waals surface area contributed by atoms with E-state index in [4.69, 9.17) is 11.6 Å². The van der Waals surface area contributed by atoms with Gasteiger partial charge in [0.2, 0.25) is 10.0 Å². The zero-order valence-electron chi connectivity index (χ0n) is 10.3. The zero-order chi connectivity index (χ0) is 13.2. The van der Waals surface area contributed by atoms with E-state index in [0.717, 1.165) is 25.8 Å². The smallest absolute Gasteiger partial charge is 0.241 e. The number of sulfonamides is 1. The second-order valence-electron chi connectivity index (χ2n) is 4.57. The summed E-state index contributed by atoms with van der Waals surface area (Å²) in [5, 5.41) is 0.531. The molecule has 2 rings (SSSR count). The van der Waals surface area contributed by atoms with Crippen molar-refractivity contribution in [1.82, 2.24) is 9.62 Å². The average Bonchev–Trinajstić information content (AvgIpc) is 2.32. The summed E-state index contributed by atoms with van der Waals surface area (Å²) in [5.41, 5.74) is 0. The molecule has 0 bridgehead atoms. The Labute approximate surface area is 113 Å². The summed E-state index contributed by atoms with van der Waals surface area (Å²) in [6, 6.07) is 6.21. The van der Waals surface area contributed by atoms with Crippen LogP contribution in [-0.2, 0) is 10.0 Å². The Morgan fingerprint density at radius 2 is 1.94 bits per heavy atom. The van der Waals surface area contributed by atoms with Crippen LogP contribution in [0, 0.1) is 0 Å². The van der Waals surface area contributed by atoms with Gasteiger partial charge in [-0.3, -0.25) is 4.90 Å². The number of halogens is 1. The van der Waals surface area contributed by atoms with Crippen molar-refractivity contribution in [2.24, 2.45) is 0 Å². The molecule has 4 nitrogen and oxygen atoms in total. The van der Waals surface area contributed by atoms with Crippen LogP contribution < -0.4 is 4.72 Å². The fourth-order valence-electron chi connectivity index (χ4n) is 2.08. The van der Waals surface area contributed by atoms with Crippen LogP contribution in [0.4, 0.5) is 0 Å². The van der Waals surface area contributed by atoms with Crippen molar-refractivity contribution >= 4 is 21.6 Å². The van der Waals surface area contributed by atoms with Gasteiger partial charge in [-0.15, -0.1) is 0 Å². The van der Waals surface area contributed by atoms with Crippen molar-refractivity contribution in [3.8, 4) is 0 Å². The fourth-order valence-corrected chi connectivity index (χ4v) is 3.50. The van der Waals surface area contributed by atoms with Crippen LogP contribution in [0.2, 0.25) is 5.02 Å². The number of nitrogens with one attached hydrogen (secondary N) is 1. The predicted molar refractivity (Wildman–Crippen MR) is 72.0 cm³/mol. The molecule has 0 spiro atoms. The first-order valence-corrected chi connectivity index (χ1v) is 7.83. The quantitative estimate of drug-likeness (QED) is 0.926. The number of piperidine rings is 1. The third kappa shape index (κ3) is 3.23. The molecule has 0 radical (unpaired) electrons. The van der Waals surface area contributed by atoms with Gasteiger partial charge in [0.1, 0.15) is 0 Å². The maximum Gasteiger partial charge on any atom is 0.241 e. The second-order valence-corrected chi connectivity index (χ2v) is 6.72. The molecule has 100 valence electrons. The first kappa shape index (κ1) is 13.8. The van der Waals surface area contributed by atoms with E-state index in [1.54, 1.807) is 12.1 Å². The zero-order valence-corrected chi connectivity index (χ0v) is 11.8. The number of hydrogen-bond acceptors (Lipinski definition) is 3. The largest absolute Gasteiger partial charge is 0.290 e. The molecule has 0 aromatic heterocycles. The van der Waals surface area contributed by atoms with Gasteiger partial charge in [0, 0.05) is 5.02 Å². The first-order valence-electron chi connectivity index (χ1n) is 5.97. The Kier molecular flexibility index (Phi) is 4.27. The minimum atomic E-state index is -3.46. The minimum Gasteiger partial charge on any atom is -0.290 e. The highest BCUT2D eigenvalue weighted by Gasteiger charge is 2.24. The highest BCUT2D eigenvalue weighted by molar-refractivity contribution is 7.89. The molecule has 1 N–H and O–H groups in total. The molecule has 1 aromatic carbocycles. The van der Waals surface area contributed by atoms with Crippen molar-refractivity contribution in [2.75, 3.05) is 13.6 Å². The lowest BCUT2D eigenvalue weighted by atomic mass is 10.1. The molecule has 1 heterocycles. The number of benzene rings is 1. The highest BCUT2D eigenvalue weighted by Crippen LogP contribution is 2.18. The first-order chi connectivity index (χ1) is 8.49. The van der Waals surface area contributed by atoms with Crippen molar-refractivity contribution < 1.29 is 8.42 Å². The van der Waals surface area contributed by atoms with Crippen molar-refractivity contribution in [3.05, 3.63) is 29.3 Å². The molecule has 1 saturated heterocycles. The molecular formula is C12H17ClN2O2S. The SMILES string of the molecule is CN1CCCCC1NS(=O)(=O)c1ccc(Cl)cc1. The lowest BCUT2D eigenvalue weighted by Gasteiger charge is -2.32. The standard InChI is InChI=1S/C12H17ClN2O2S/c1-15-9-3-2-4-12(15)14-18(16,17)11-7-5-10(13)6-8-11/h5-8,12,14H,2-4,9H2,1H3. The van der Waals surface area contributed by atoms with Gasteiger partial charge in [-0.05, 0) is 57.1 Å². The van der Waals surface area contributed by atoms with Crippen LogP contribution in [-0.4, -0.2) is 33.1 Å². The van der Waals surface area contributed by atoms with Gasteiger partial charge in [0.05, 0.1) is 11.1 Å². The summed E-state index contributed by atoms with van der Waals surface area (Å²) in [4.78, 5) is 2.29. The molecule has 18 heavy (non-hydrogen) atoms. The van der Waals surface area contributed by atoms with E-state index < -0.39 is 10.0 Å². The van der Waals surface area contributed by atoms with E-state index in [1.165, 1.54) is 12.1 Å². The van der Waals surface area contributed by atoms with Crippen LogP contribution in [0.3, 0.4) is 0 Å². The van der Waals surface area contributed by atoms with Crippen molar-refractivity contribution in [3.63, 3.8) is 0 Å². The molecule has 1 fully saturated rings. The molecule has 0 saturated carbocycles. The Morgan fingerprint density at radius 3 is 2.56 bits per heavy atom. The topological polar surface area (TPSA) is 49.4 Å². The number of hydrogen-bond donors (Lipinski definition) is 1. The molecule has 1 aliphatic heterocycles. The van der Waals surface area contributed by atoms with Crippen LogP contribution in [0.1, 0.15) is 19.3 Å². The molecule has 1 unspecified atom stereocenters. The van der Waals surface area contributed by atoms with Gasteiger partial charge in [-0.25, -0.2) is 8.42 Å². The van der Waals surface area contributed by atoms with Crippen LogP contribution in [0.25, 0.3) is 0 Å². The van der Waals surface area contributed by atoms with Crippen molar-refractivity contribution in [1.29, 1.82) is 0 Å².